The number of halogens is 1. The van der Waals surface area contributed by atoms with Gasteiger partial charge in [-0.3, -0.25) is 14.5 Å². The van der Waals surface area contributed by atoms with E-state index in [0.29, 0.717) is 11.3 Å². The van der Waals surface area contributed by atoms with Gasteiger partial charge in [0.2, 0.25) is 5.91 Å². The molecule has 0 radical (unpaired) electrons. The summed E-state index contributed by atoms with van der Waals surface area (Å²) in [7, 11) is 0. The standard InChI is InChI=1S/C16H21FN2O2/c1-4-12(5-2)19-15(20)9-14(16(19)21)18-11-6-7-13(17)10(3)8-11/h6-8,12,14,18H,4-5,9H2,1-3H3. The highest BCUT2D eigenvalue weighted by molar-refractivity contribution is 6.07. The fraction of sp³-hybridized carbons (Fsp3) is 0.500. The Morgan fingerprint density at radius 3 is 2.57 bits per heavy atom. The highest BCUT2D eigenvalue weighted by Gasteiger charge is 2.41. The summed E-state index contributed by atoms with van der Waals surface area (Å²) in [5.74, 6) is -0.603. The maximum atomic E-state index is 13.3. The topological polar surface area (TPSA) is 49.4 Å². The summed E-state index contributed by atoms with van der Waals surface area (Å²) in [4.78, 5) is 25.9. The van der Waals surface area contributed by atoms with Crippen LogP contribution in [-0.4, -0.2) is 28.8 Å². The van der Waals surface area contributed by atoms with Gasteiger partial charge in [0, 0.05) is 11.7 Å². The Morgan fingerprint density at radius 1 is 1.33 bits per heavy atom. The third-order valence-electron chi connectivity index (χ3n) is 3.99. The van der Waals surface area contributed by atoms with Crippen molar-refractivity contribution in [3.8, 4) is 0 Å². The van der Waals surface area contributed by atoms with Gasteiger partial charge in [-0.2, -0.15) is 0 Å². The summed E-state index contributed by atoms with van der Waals surface area (Å²) >= 11 is 0. The van der Waals surface area contributed by atoms with Gasteiger partial charge in [0.05, 0.1) is 6.42 Å². The molecule has 5 heteroatoms. The zero-order chi connectivity index (χ0) is 15.6. The molecule has 114 valence electrons. The van der Waals surface area contributed by atoms with E-state index in [0.717, 1.165) is 12.8 Å². The molecule has 4 nitrogen and oxygen atoms in total. The molecule has 21 heavy (non-hydrogen) atoms. The van der Waals surface area contributed by atoms with Crippen LogP contribution in [0, 0.1) is 12.7 Å². The molecule has 1 aromatic carbocycles. The summed E-state index contributed by atoms with van der Waals surface area (Å²) in [5, 5.41) is 3.04. The number of amides is 2. The van der Waals surface area contributed by atoms with Crippen LogP contribution in [-0.2, 0) is 9.59 Å². The van der Waals surface area contributed by atoms with E-state index < -0.39 is 6.04 Å². The van der Waals surface area contributed by atoms with Crippen LogP contribution in [0.4, 0.5) is 10.1 Å². The Morgan fingerprint density at radius 2 is 2.00 bits per heavy atom. The summed E-state index contributed by atoms with van der Waals surface area (Å²) in [6.45, 7) is 5.61. The lowest BCUT2D eigenvalue weighted by molar-refractivity contribution is -0.141. The summed E-state index contributed by atoms with van der Waals surface area (Å²) in [6.07, 6.45) is 1.68. The Labute approximate surface area is 124 Å². The monoisotopic (exact) mass is 292 g/mol. The van der Waals surface area contributed by atoms with Crippen molar-refractivity contribution in [2.24, 2.45) is 0 Å². The number of rotatable bonds is 5. The minimum atomic E-state index is -0.553. The number of benzene rings is 1. The highest BCUT2D eigenvalue weighted by atomic mass is 19.1. The maximum Gasteiger partial charge on any atom is 0.252 e. The van der Waals surface area contributed by atoms with Crippen LogP contribution in [0.15, 0.2) is 18.2 Å². The second-order valence-corrected chi connectivity index (χ2v) is 5.44. The molecule has 0 saturated carbocycles. The van der Waals surface area contributed by atoms with Gasteiger partial charge in [0.15, 0.2) is 0 Å². The van der Waals surface area contributed by atoms with Crippen molar-refractivity contribution in [3.63, 3.8) is 0 Å². The fourth-order valence-electron chi connectivity index (χ4n) is 2.74. The van der Waals surface area contributed by atoms with E-state index in [1.807, 2.05) is 13.8 Å². The summed E-state index contributed by atoms with van der Waals surface area (Å²) < 4.78 is 13.3. The molecular formula is C16H21FN2O2. The van der Waals surface area contributed by atoms with Crippen molar-refractivity contribution in [2.75, 3.05) is 5.32 Å². The predicted octanol–water partition coefficient (Wildman–Crippen LogP) is 2.86. The molecule has 1 unspecified atom stereocenters. The Hall–Kier alpha value is -1.91. The number of hydrogen-bond donors (Lipinski definition) is 1. The molecule has 1 heterocycles. The van der Waals surface area contributed by atoms with Crippen molar-refractivity contribution in [3.05, 3.63) is 29.6 Å². The van der Waals surface area contributed by atoms with Crippen LogP contribution in [0.3, 0.4) is 0 Å². The van der Waals surface area contributed by atoms with Crippen molar-refractivity contribution >= 4 is 17.5 Å². The van der Waals surface area contributed by atoms with Gasteiger partial charge in [-0.1, -0.05) is 13.8 Å². The zero-order valence-electron chi connectivity index (χ0n) is 12.6. The predicted molar refractivity (Wildman–Crippen MR) is 79.4 cm³/mol. The lowest BCUT2D eigenvalue weighted by Gasteiger charge is -2.24. The number of aryl methyl sites for hydroxylation is 1. The van der Waals surface area contributed by atoms with Gasteiger partial charge in [-0.25, -0.2) is 4.39 Å². The van der Waals surface area contributed by atoms with Crippen molar-refractivity contribution in [1.29, 1.82) is 0 Å². The van der Waals surface area contributed by atoms with Crippen LogP contribution >= 0.6 is 0 Å². The SMILES string of the molecule is CCC(CC)N1C(=O)CC(Nc2ccc(F)c(C)c2)C1=O. The van der Waals surface area contributed by atoms with Crippen molar-refractivity contribution in [2.45, 2.75) is 52.1 Å². The molecule has 2 rings (SSSR count). The van der Waals surface area contributed by atoms with E-state index in [4.69, 9.17) is 0 Å². The van der Waals surface area contributed by atoms with Crippen molar-refractivity contribution in [1.82, 2.24) is 4.90 Å². The lowest BCUT2D eigenvalue weighted by atomic mass is 10.1. The highest BCUT2D eigenvalue weighted by Crippen LogP contribution is 2.23. The van der Waals surface area contributed by atoms with Crippen LogP contribution in [0.25, 0.3) is 0 Å². The molecule has 0 spiro atoms. The molecule has 0 aromatic heterocycles. The van der Waals surface area contributed by atoms with Gasteiger partial charge >= 0.3 is 0 Å². The van der Waals surface area contributed by atoms with Crippen LogP contribution in [0.2, 0.25) is 0 Å². The van der Waals surface area contributed by atoms with E-state index >= 15 is 0 Å². The number of likely N-dealkylation sites (tertiary alicyclic amines) is 1. The molecule has 1 aliphatic heterocycles. The molecule has 1 atom stereocenters. The largest absolute Gasteiger partial charge is 0.373 e. The van der Waals surface area contributed by atoms with Crippen LogP contribution < -0.4 is 5.32 Å². The Bertz CT molecular complexity index is 555. The molecule has 0 aliphatic carbocycles. The van der Waals surface area contributed by atoms with Crippen molar-refractivity contribution < 1.29 is 14.0 Å². The Kier molecular flexibility index (Phi) is 4.60. The first-order valence-electron chi connectivity index (χ1n) is 7.36. The van der Waals surface area contributed by atoms with Gasteiger partial charge in [-0.15, -0.1) is 0 Å². The molecule has 1 fully saturated rings. The van der Waals surface area contributed by atoms with Gasteiger partial charge in [-0.05, 0) is 43.5 Å². The minimum absolute atomic E-state index is 0.0354. The number of carbonyl (C=O) groups is 2. The fourth-order valence-corrected chi connectivity index (χ4v) is 2.74. The molecule has 0 bridgehead atoms. The first kappa shape index (κ1) is 15.5. The Balaban J connectivity index is 2.13. The summed E-state index contributed by atoms with van der Waals surface area (Å²) in [5.41, 5.74) is 1.17. The number of imide groups is 1. The second-order valence-electron chi connectivity index (χ2n) is 5.44. The number of carbonyl (C=O) groups excluding carboxylic acids is 2. The van der Waals surface area contributed by atoms with E-state index in [9.17, 15) is 14.0 Å². The molecule has 1 saturated heterocycles. The average Bonchev–Trinajstić information content (AvgIpc) is 2.72. The second kappa shape index (κ2) is 6.24. The third kappa shape index (κ3) is 3.06. The maximum absolute atomic E-state index is 13.3. The average molecular weight is 292 g/mol. The van der Waals surface area contributed by atoms with E-state index in [1.54, 1.807) is 19.1 Å². The van der Waals surface area contributed by atoms with E-state index in [1.165, 1.54) is 11.0 Å². The minimum Gasteiger partial charge on any atom is -0.373 e. The van der Waals surface area contributed by atoms with E-state index in [-0.39, 0.29) is 30.1 Å². The lowest BCUT2D eigenvalue weighted by Crippen LogP contribution is -2.41. The normalized spacial score (nSPS) is 18.7. The third-order valence-corrected chi connectivity index (χ3v) is 3.99. The van der Waals surface area contributed by atoms with Gasteiger partial charge in [0.25, 0.3) is 5.91 Å². The van der Waals surface area contributed by atoms with Gasteiger partial charge in [0.1, 0.15) is 11.9 Å². The quantitative estimate of drug-likeness (QED) is 0.849. The smallest absolute Gasteiger partial charge is 0.252 e. The number of nitrogens with one attached hydrogen (secondary N) is 1. The number of anilines is 1. The molecule has 1 N–H and O–H groups in total. The molecular weight excluding hydrogens is 271 g/mol. The zero-order valence-corrected chi connectivity index (χ0v) is 12.6. The van der Waals surface area contributed by atoms with Crippen LogP contribution in [0.1, 0.15) is 38.7 Å². The molecule has 1 aromatic rings. The van der Waals surface area contributed by atoms with Crippen LogP contribution in [0.5, 0.6) is 0 Å². The summed E-state index contributed by atoms with van der Waals surface area (Å²) in [6, 6.07) is 4.00. The first-order valence-corrected chi connectivity index (χ1v) is 7.36. The van der Waals surface area contributed by atoms with Gasteiger partial charge < -0.3 is 5.32 Å². The molecule has 2 amide bonds. The molecule has 1 aliphatic rings. The number of hydrogen-bond acceptors (Lipinski definition) is 3. The number of nitrogens with zero attached hydrogens (tertiary/aromatic N) is 1. The first-order chi connectivity index (χ1) is 9.97. The van der Waals surface area contributed by atoms with E-state index in [2.05, 4.69) is 5.32 Å².